The predicted octanol–water partition coefficient (Wildman–Crippen LogP) is 2.29. The molecule has 0 aromatic heterocycles. The Kier molecular flexibility index (Phi) is 5.40. The van der Waals surface area contributed by atoms with E-state index in [0.717, 1.165) is 51.1 Å². The Labute approximate surface area is 135 Å². The summed E-state index contributed by atoms with van der Waals surface area (Å²) in [6, 6.07) is 0.438. The Morgan fingerprint density at radius 3 is 2.59 bits per heavy atom. The molecule has 4 nitrogen and oxygen atoms in total. The number of hydrogen-bond donors (Lipinski definition) is 1. The second kappa shape index (κ2) is 7.31. The molecule has 1 aliphatic heterocycles. The quantitative estimate of drug-likeness (QED) is 0.818. The fourth-order valence-electron chi connectivity index (χ4n) is 4.85. The summed E-state index contributed by atoms with van der Waals surface area (Å²) in [6.45, 7) is 8.92. The van der Waals surface area contributed by atoms with Gasteiger partial charge in [0.05, 0.1) is 13.2 Å². The summed E-state index contributed by atoms with van der Waals surface area (Å²) in [5.74, 6) is 3.27. The van der Waals surface area contributed by atoms with Crippen LogP contribution < -0.4 is 5.32 Å². The summed E-state index contributed by atoms with van der Waals surface area (Å²) < 4.78 is 5.44. The van der Waals surface area contributed by atoms with Crippen molar-refractivity contribution in [2.24, 2.45) is 23.7 Å². The van der Waals surface area contributed by atoms with Gasteiger partial charge in [0.25, 0.3) is 0 Å². The zero-order chi connectivity index (χ0) is 15.5. The molecule has 2 saturated carbocycles. The molecule has 3 rings (SSSR count). The van der Waals surface area contributed by atoms with Gasteiger partial charge in [0.15, 0.2) is 0 Å². The molecule has 126 valence electrons. The van der Waals surface area contributed by atoms with Crippen LogP contribution in [-0.4, -0.2) is 49.7 Å². The third-order valence-corrected chi connectivity index (χ3v) is 6.12. The highest BCUT2D eigenvalue weighted by Crippen LogP contribution is 2.49. The van der Waals surface area contributed by atoms with Crippen molar-refractivity contribution in [1.82, 2.24) is 10.2 Å². The minimum absolute atomic E-state index is 0.274. The van der Waals surface area contributed by atoms with Gasteiger partial charge in [-0.05, 0) is 42.9 Å². The van der Waals surface area contributed by atoms with Gasteiger partial charge >= 0.3 is 0 Å². The van der Waals surface area contributed by atoms with Crippen LogP contribution in [0.3, 0.4) is 0 Å². The lowest BCUT2D eigenvalue weighted by Gasteiger charge is -2.37. The number of rotatable bonds is 6. The van der Waals surface area contributed by atoms with E-state index in [1.165, 1.54) is 25.7 Å². The van der Waals surface area contributed by atoms with Crippen molar-refractivity contribution < 1.29 is 9.53 Å². The first-order valence-corrected chi connectivity index (χ1v) is 9.22. The van der Waals surface area contributed by atoms with E-state index in [1.54, 1.807) is 0 Å². The molecule has 2 bridgehead atoms. The van der Waals surface area contributed by atoms with Gasteiger partial charge in [0, 0.05) is 32.1 Å². The summed E-state index contributed by atoms with van der Waals surface area (Å²) in [5, 5.41) is 3.23. The van der Waals surface area contributed by atoms with Gasteiger partial charge in [0.1, 0.15) is 0 Å². The van der Waals surface area contributed by atoms with Gasteiger partial charge in [-0.1, -0.05) is 20.3 Å². The molecule has 4 heteroatoms. The summed E-state index contributed by atoms with van der Waals surface area (Å²) >= 11 is 0. The van der Waals surface area contributed by atoms with Crippen molar-refractivity contribution in [2.75, 3.05) is 32.8 Å². The van der Waals surface area contributed by atoms with Crippen molar-refractivity contribution in [3.63, 3.8) is 0 Å². The van der Waals surface area contributed by atoms with E-state index in [-0.39, 0.29) is 5.91 Å². The minimum Gasteiger partial charge on any atom is -0.379 e. The van der Waals surface area contributed by atoms with E-state index < -0.39 is 0 Å². The van der Waals surface area contributed by atoms with Gasteiger partial charge in [-0.3, -0.25) is 9.69 Å². The third-order valence-electron chi connectivity index (χ3n) is 6.12. The SMILES string of the molecule is CC(C)[C@H](CNC(=O)C[C@@H]1C[C@H]2CC[C@H]1C2)N1CCOCC1. The monoisotopic (exact) mass is 308 g/mol. The average molecular weight is 308 g/mol. The van der Waals surface area contributed by atoms with Crippen molar-refractivity contribution >= 4 is 5.91 Å². The van der Waals surface area contributed by atoms with Crippen LogP contribution in [0, 0.1) is 23.7 Å². The molecule has 1 heterocycles. The third kappa shape index (κ3) is 3.83. The molecule has 1 N–H and O–H groups in total. The zero-order valence-electron chi connectivity index (χ0n) is 14.2. The van der Waals surface area contributed by atoms with Crippen LogP contribution in [-0.2, 0) is 9.53 Å². The van der Waals surface area contributed by atoms with Crippen LogP contribution in [0.1, 0.15) is 46.0 Å². The lowest BCUT2D eigenvalue weighted by Crippen LogP contribution is -2.51. The van der Waals surface area contributed by atoms with Gasteiger partial charge in [-0.15, -0.1) is 0 Å². The normalized spacial score (nSPS) is 33.3. The maximum Gasteiger partial charge on any atom is 0.220 e. The maximum atomic E-state index is 12.3. The summed E-state index contributed by atoms with van der Waals surface area (Å²) in [4.78, 5) is 14.8. The number of ether oxygens (including phenoxy) is 1. The average Bonchev–Trinajstić information content (AvgIpc) is 3.11. The highest BCUT2D eigenvalue weighted by Gasteiger charge is 2.40. The first-order valence-electron chi connectivity index (χ1n) is 9.22. The van der Waals surface area contributed by atoms with Crippen molar-refractivity contribution in [3.8, 4) is 0 Å². The van der Waals surface area contributed by atoms with Gasteiger partial charge in [-0.25, -0.2) is 0 Å². The smallest absolute Gasteiger partial charge is 0.220 e. The molecular weight excluding hydrogens is 276 g/mol. The molecule has 3 aliphatic rings. The Morgan fingerprint density at radius 2 is 2.00 bits per heavy atom. The number of amides is 1. The molecule has 0 aromatic rings. The number of nitrogens with zero attached hydrogens (tertiary/aromatic N) is 1. The van der Waals surface area contributed by atoms with Gasteiger partial charge < -0.3 is 10.1 Å². The second-order valence-corrected chi connectivity index (χ2v) is 7.90. The number of fused-ring (bicyclic) bond motifs is 2. The lowest BCUT2D eigenvalue weighted by atomic mass is 9.86. The standard InChI is InChI=1S/C18H32N2O2/c1-13(2)17(20-5-7-22-8-6-20)12-19-18(21)11-16-10-14-3-4-15(16)9-14/h13-17H,3-12H2,1-2H3,(H,19,21)/t14-,15-,16-,17-/m0/s1. The fraction of sp³-hybridized carbons (Fsp3) is 0.944. The first kappa shape index (κ1) is 16.3. The van der Waals surface area contributed by atoms with Crippen LogP contribution in [0.25, 0.3) is 0 Å². The maximum absolute atomic E-state index is 12.3. The van der Waals surface area contributed by atoms with E-state index in [9.17, 15) is 4.79 Å². The molecule has 0 unspecified atom stereocenters. The number of morpholine rings is 1. The lowest BCUT2D eigenvalue weighted by molar-refractivity contribution is -0.122. The molecule has 1 saturated heterocycles. The molecule has 22 heavy (non-hydrogen) atoms. The largest absolute Gasteiger partial charge is 0.379 e. The molecule has 2 aliphatic carbocycles. The highest BCUT2D eigenvalue weighted by molar-refractivity contribution is 5.76. The van der Waals surface area contributed by atoms with E-state index in [2.05, 4.69) is 24.1 Å². The predicted molar refractivity (Wildman–Crippen MR) is 87.6 cm³/mol. The number of carbonyl (C=O) groups is 1. The molecule has 0 aromatic carbocycles. The zero-order valence-corrected chi connectivity index (χ0v) is 14.2. The van der Waals surface area contributed by atoms with Crippen molar-refractivity contribution in [3.05, 3.63) is 0 Å². The van der Waals surface area contributed by atoms with Crippen molar-refractivity contribution in [2.45, 2.75) is 52.0 Å². The highest BCUT2D eigenvalue weighted by atomic mass is 16.5. The molecular formula is C18H32N2O2. The van der Waals surface area contributed by atoms with E-state index >= 15 is 0 Å². The van der Waals surface area contributed by atoms with Gasteiger partial charge in [-0.2, -0.15) is 0 Å². The minimum atomic E-state index is 0.274. The topological polar surface area (TPSA) is 41.6 Å². The number of nitrogens with one attached hydrogen (secondary N) is 1. The summed E-state index contributed by atoms with van der Waals surface area (Å²) in [6.07, 6.45) is 6.23. The Morgan fingerprint density at radius 1 is 1.23 bits per heavy atom. The summed E-state index contributed by atoms with van der Waals surface area (Å²) in [7, 11) is 0. The van der Waals surface area contributed by atoms with E-state index in [0.29, 0.717) is 17.9 Å². The second-order valence-electron chi connectivity index (χ2n) is 7.90. The molecule has 4 atom stereocenters. The number of carbonyl (C=O) groups excluding carboxylic acids is 1. The number of hydrogen-bond acceptors (Lipinski definition) is 3. The first-order chi connectivity index (χ1) is 10.6. The van der Waals surface area contributed by atoms with Gasteiger partial charge in [0.2, 0.25) is 5.91 Å². The van der Waals surface area contributed by atoms with Crippen LogP contribution in [0.5, 0.6) is 0 Å². The van der Waals surface area contributed by atoms with Crippen LogP contribution >= 0.6 is 0 Å². The summed E-state index contributed by atoms with van der Waals surface area (Å²) in [5.41, 5.74) is 0. The molecule has 0 radical (unpaired) electrons. The van der Waals surface area contributed by atoms with Crippen molar-refractivity contribution in [1.29, 1.82) is 0 Å². The Hall–Kier alpha value is -0.610. The van der Waals surface area contributed by atoms with Crippen LogP contribution in [0.15, 0.2) is 0 Å². The molecule has 3 fully saturated rings. The van der Waals surface area contributed by atoms with E-state index in [1.807, 2.05) is 0 Å². The van der Waals surface area contributed by atoms with E-state index in [4.69, 9.17) is 4.74 Å². The Bertz CT molecular complexity index is 379. The Balaban J connectivity index is 1.44. The van der Waals surface area contributed by atoms with Crippen LogP contribution in [0.2, 0.25) is 0 Å². The molecule has 1 amide bonds. The van der Waals surface area contributed by atoms with Crippen LogP contribution in [0.4, 0.5) is 0 Å². The molecule has 0 spiro atoms. The fourth-order valence-corrected chi connectivity index (χ4v) is 4.85.